The van der Waals surface area contributed by atoms with Crippen LogP contribution in [0.15, 0.2) is 58.1 Å². The number of nitrogens with zero attached hydrogens (tertiary/aromatic N) is 2. The van der Waals surface area contributed by atoms with Gasteiger partial charge in [0.15, 0.2) is 6.61 Å². The lowest BCUT2D eigenvalue weighted by Crippen LogP contribution is -2.24. The number of hydrogen-bond acceptors (Lipinski definition) is 5. The van der Waals surface area contributed by atoms with E-state index in [-0.39, 0.29) is 19.1 Å². The summed E-state index contributed by atoms with van der Waals surface area (Å²) in [6, 6.07) is 14.9. The second kappa shape index (κ2) is 9.80. The molecular formula is C18H20BrN3O3. The molecule has 0 aromatic heterocycles. The van der Waals surface area contributed by atoms with E-state index >= 15 is 0 Å². The Balaban J connectivity index is 1.79. The summed E-state index contributed by atoms with van der Waals surface area (Å²) in [7, 11) is 1.91. The van der Waals surface area contributed by atoms with Crippen LogP contribution in [-0.4, -0.2) is 44.0 Å². The van der Waals surface area contributed by atoms with Crippen LogP contribution in [0, 0.1) is 0 Å². The van der Waals surface area contributed by atoms with Crippen molar-refractivity contribution in [2.45, 2.75) is 0 Å². The maximum atomic E-state index is 11.7. The van der Waals surface area contributed by atoms with Crippen molar-refractivity contribution in [3.8, 4) is 5.75 Å². The van der Waals surface area contributed by atoms with Gasteiger partial charge in [-0.1, -0.05) is 34.1 Å². The van der Waals surface area contributed by atoms with Gasteiger partial charge in [0.2, 0.25) is 0 Å². The number of nitrogens with one attached hydrogen (secondary N) is 1. The maximum Gasteiger partial charge on any atom is 0.277 e. The summed E-state index contributed by atoms with van der Waals surface area (Å²) >= 11 is 3.34. The van der Waals surface area contributed by atoms with E-state index in [1.807, 2.05) is 48.3 Å². The molecule has 2 N–H and O–H groups in total. The van der Waals surface area contributed by atoms with E-state index in [1.165, 1.54) is 0 Å². The minimum absolute atomic E-state index is 0.105. The molecule has 0 aliphatic carbocycles. The van der Waals surface area contributed by atoms with Gasteiger partial charge in [0.25, 0.3) is 5.91 Å². The molecule has 0 saturated carbocycles. The fourth-order valence-corrected chi connectivity index (χ4v) is 2.39. The van der Waals surface area contributed by atoms with Crippen LogP contribution in [0.3, 0.4) is 0 Å². The first kappa shape index (κ1) is 19.0. The average Bonchev–Trinajstić information content (AvgIpc) is 2.61. The second-order valence-electron chi connectivity index (χ2n) is 5.28. The van der Waals surface area contributed by atoms with Crippen LogP contribution < -0.4 is 15.1 Å². The molecule has 25 heavy (non-hydrogen) atoms. The lowest BCUT2D eigenvalue weighted by molar-refractivity contribution is -0.123. The molecule has 1 amide bonds. The van der Waals surface area contributed by atoms with Gasteiger partial charge in [-0.2, -0.15) is 5.10 Å². The van der Waals surface area contributed by atoms with Gasteiger partial charge in [0.05, 0.1) is 12.8 Å². The largest absolute Gasteiger partial charge is 0.484 e. The number of hydrazone groups is 1. The van der Waals surface area contributed by atoms with Crippen LogP contribution in [0.1, 0.15) is 5.56 Å². The van der Waals surface area contributed by atoms with Gasteiger partial charge in [-0.25, -0.2) is 5.43 Å². The van der Waals surface area contributed by atoms with Gasteiger partial charge in [-0.05, 0) is 35.9 Å². The molecule has 2 aromatic rings. The van der Waals surface area contributed by atoms with Crippen molar-refractivity contribution >= 4 is 33.7 Å². The lowest BCUT2D eigenvalue weighted by Gasteiger charge is -2.17. The Bertz CT molecular complexity index is 720. The number of amides is 1. The molecule has 0 saturated heterocycles. The number of aliphatic hydroxyl groups excluding tert-OH is 1. The van der Waals surface area contributed by atoms with Crippen LogP contribution in [0.25, 0.3) is 0 Å². The Kier molecular flexibility index (Phi) is 7.43. The summed E-state index contributed by atoms with van der Waals surface area (Å²) in [5, 5.41) is 12.8. The molecule has 0 unspecified atom stereocenters. The first-order valence-electron chi connectivity index (χ1n) is 7.71. The van der Waals surface area contributed by atoms with Crippen molar-refractivity contribution in [1.82, 2.24) is 5.43 Å². The summed E-state index contributed by atoms with van der Waals surface area (Å²) in [5.74, 6) is 0.270. The number of ether oxygens (including phenoxy) is 1. The van der Waals surface area contributed by atoms with Crippen molar-refractivity contribution in [3.63, 3.8) is 0 Å². The molecule has 2 rings (SSSR count). The van der Waals surface area contributed by atoms with Crippen LogP contribution in [0.4, 0.5) is 5.69 Å². The molecular weight excluding hydrogens is 386 g/mol. The summed E-state index contributed by atoms with van der Waals surface area (Å²) in [6.45, 7) is 0.563. The molecule has 0 aliphatic rings. The van der Waals surface area contributed by atoms with Crippen molar-refractivity contribution < 1.29 is 14.6 Å². The van der Waals surface area contributed by atoms with Crippen LogP contribution in [0.5, 0.6) is 5.75 Å². The zero-order valence-electron chi connectivity index (χ0n) is 13.9. The van der Waals surface area contributed by atoms with Crippen LogP contribution in [-0.2, 0) is 4.79 Å². The molecule has 6 nitrogen and oxygen atoms in total. The van der Waals surface area contributed by atoms with Crippen molar-refractivity contribution in [2.24, 2.45) is 5.10 Å². The topological polar surface area (TPSA) is 74.2 Å². The van der Waals surface area contributed by atoms with E-state index in [4.69, 9.17) is 9.84 Å². The van der Waals surface area contributed by atoms with E-state index in [0.717, 1.165) is 15.7 Å². The van der Waals surface area contributed by atoms with Crippen molar-refractivity contribution in [3.05, 3.63) is 58.6 Å². The molecule has 0 bridgehead atoms. The SMILES string of the molecule is CN(CCO)c1ccc(/C=N\NC(=O)COc2cccc(Br)c2)cc1. The molecule has 0 aliphatic heterocycles. The van der Waals surface area contributed by atoms with E-state index < -0.39 is 0 Å². The highest BCUT2D eigenvalue weighted by molar-refractivity contribution is 9.10. The number of aliphatic hydroxyl groups is 1. The summed E-state index contributed by atoms with van der Waals surface area (Å²) < 4.78 is 6.26. The molecule has 2 aromatic carbocycles. The molecule has 0 heterocycles. The number of rotatable bonds is 8. The fraction of sp³-hybridized carbons (Fsp3) is 0.222. The Labute approximate surface area is 155 Å². The second-order valence-corrected chi connectivity index (χ2v) is 6.19. The predicted octanol–water partition coefficient (Wildman–Crippen LogP) is 2.41. The lowest BCUT2D eigenvalue weighted by atomic mass is 10.2. The van der Waals surface area contributed by atoms with E-state index in [1.54, 1.807) is 18.3 Å². The van der Waals surface area contributed by atoms with Gasteiger partial charge < -0.3 is 14.7 Å². The van der Waals surface area contributed by atoms with Gasteiger partial charge >= 0.3 is 0 Å². The highest BCUT2D eigenvalue weighted by Crippen LogP contribution is 2.17. The number of carbonyl (C=O) groups is 1. The van der Waals surface area contributed by atoms with Gasteiger partial charge in [-0.15, -0.1) is 0 Å². The Morgan fingerprint density at radius 1 is 1.32 bits per heavy atom. The third-order valence-electron chi connectivity index (χ3n) is 3.34. The summed E-state index contributed by atoms with van der Waals surface area (Å²) in [5.41, 5.74) is 4.28. The normalized spacial score (nSPS) is 10.7. The van der Waals surface area contributed by atoms with Crippen molar-refractivity contribution in [2.75, 3.05) is 31.7 Å². The molecule has 0 spiro atoms. The average molecular weight is 406 g/mol. The van der Waals surface area contributed by atoms with E-state index in [2.05, 4.69) is 26.5 Å². The van der Waals surface area contributed by atoms with E-state index in [9.17, 15) is 4.79 Å². The number of anilines is 1. The minimum atomic E-state index is -0.337. The highest BCUT2D eigenvalue weighted by atomic mass is 79.9. The van der Waals surface area contributed by atoms with Gasteiger partial charge in [0, 0.05) is 23.8 Å². The highest BCUT2D eigenvalue weighted by Gasteiger charge is 2.02. The number of hydrogen-bond donors (Lipinski definition) is 2. The molecule has 0 fully saturated rings. The first-order valence-corrected chi connectivity index (χ1v) is 8.50. The van der Waals surface area contributed by atoms with Crippen LogP contribution >= 0.6 is 15.9 Å². The molecule has 0 radical (unpaired) electrons. The quantitative estimate of drug-likeness (QED) is 0.522. The van der Waals surface area contributed by atoms with Crippen LogP contribution in [0.2, 0.25) is 0 Å². The monoisotopic (exact) mass is 405 g/mol. The zero-order chi connectivity index (χ0) is 18.1. The Morgan fingerprint density at radius 3 is 2.76 bits per heavy atom. The fourth-order valence-electron chi connectivity index (χ4n) is 2.01. The minimum Gasteiger partial charge on any atom is -0.484 e. The predicted molar refractivity (Wildman–Crippen MR) is 102 cm³/mol. The first-order chi connectivity index (χ1) is 12.1. The Hall–Kier alpha value is -2.38. The third-order valence-corrected chi connectivity index (χ3v) is 3.83. The molecule has 7 heteroatoms. The number of benzene rings is 2. The molecule has 132 valence electrons. The number of likely N-dealkylation sites (N-methyl/N-ethyl adjacent to an activating group) is 1. The van der Waals surface area contributed by atoms with Gasteiger partial charge in [0.1, 0.15) is 5.75 Å². The summed E-state index contributed by atoms with van der Waals surface area (Å²) in [6.07, 6.45) is 1.56. The standard InChI is InChI=1S/C18H20BrN3O3/c1-22(9-10-23)16-7-5-14(6-8-16)12-20-21-18(24)13-25-17-4-2-3-15(19)11-17/h2-8,11-12,23H,9-10,13H2,1H3,(H,21,24)/b20-12-. The maximum absolute atomic E-state index is 11.7. The number of carbonyl (C=O) groups excluding carboxylic acids is 1. The zero-order valence-corrected chi connectivity index (χ0v) is 15.4. The van der Waals surface area contributed by atoms with E-state index in [0.29, 0.717) is 12.3 Å². The summed E-state index contributed by atoms with van der Waals surface area (Å²) in [4.78, 5) is 13.7. The van der Waals surface area contributed by atoms with Gasteiger partial charge in [-0.3, -0.25) is 4.79 Å². The smallest absolute Gasteiger partial charge is 0.277 e. The van der Waals surface area contributed by atoms with Crippen molar-refractivity contribution in [1.29, 1.82) is 0 Å². The Morgan fingerprint density at radius 2 is 2.08 bits per heavy atom. The third kappa shape index (κ3) is 6.56. The number of halogens is 1. The molecule has 0 atom stereocenters.